The fourth-order valence-electron chi connectivity index (χ4n) is 3.28. The molecule has 27 heavy (non-hydrogen) atoms. The quantitative estimate of drug-likeness (QED) is 0.324. The summed E-state index contributed by atoms with van der Waals surface area (Å²) in [7, 11) is 0. The van der Waals surface area contributed by atoms with Gasteiger partial charge in [-0.3, -0.25) is 0 Å². The van der Waals surface area contributed by atoms with Crippen molar-refractivity contribution in [1.29, 1.82) is 0 Å². The number of anilines is 1. The van der Waals surface area contributed by atoms with E-state index in [4.69, 9.17) is 0 Å². The summed E-state index contributed by atoms with van der Waals surface area (Å²) < 4.78 is 0. The van der Waals surface area contributed by atoms with Gasteiger partial charge in [0.2, 0.25) is 0 Å². The average molecular weight is 400 g/mol. The molecule has 4 heteroatoms. The van der Waals surface area contributed by atoms with E-state index >= 15 is 0 Å². The number of hydrogen-bond acceptors (Lipinski definition) is 3. The number of carbonyl (C=O) groups excluding carboxylic acids is 1. The normalized spacial score (nSPS) is 10.4. The van der Waals surface area contributed by atoms with Crippen LogP contribution in [0.25, 0.3) is 0 Å². The van der Waals surface area contributed by atoms with Crippen molar-refractivity contribution in [3.8, 4) is 0 Å². The molecule has 0 aromatic heterocycles. The van der Waals surface area contributed by atoms with Crippen LogP contribution in [0, 0.1) is 0 Å². The van der Waals surface area contributed by atoms with Crippen molar-refractivity contribution in [3.05, 3.63) is 29.8 Å². The summed E-state index contributed by atoms with van der Waals surface area (Å²) >= 11 is 0. The number of aromatic carboxylic acids is 1. The third kappa shape index (κ3) is 15.7. The molecule has 0 atom stereocenters. The first kappa shape index (κ1) is 27.1. The van der Waals surface area contributed by atoms with E-state index in [9.17, 15) is 9.90 Å². The van der Waals surface area contributed by atoms with Crippen LogP contribution in [0.5, 0.6) is 0 Å². The van der Waals surface area contributed by atoms with E-state index in [1.54, 1.807) is 24.3 Å². The predicted molar refractivity (Wildman–Crippen MR) is 110 cm³/mol. The van der Waals surface area contributed by atoms with Crippen LogP contribution in [0.1, 0.15) is 107 Å². The molecule has 1 rings (SSSR count). The molecule has 0 aliphatic carbocycles. The first-order valence-corrected chi connectivity index (χ1v) is 10.8. The molecule has 1 aromatic carbocycles. The van der Waals surface area contributed by atoms with Crippen LogP contribution >= 0.6 is 0 Å². The Morgan fingerprint density at radius 3 is 1.56 bits per heavy atom. The molecule has 3 nitrogen and oxygen atoms in total. The van der Waals surface area contributed by atoms with Crippen LogP contribution in [-0.4, -0.2) is 12.5 Å². The zero-order chi connectivity index (χ0) is 18.9. The van der Waals surface area contributed by atoms with Gasteiger partial charge in [0.05, 0.1) is 5.97 Å². The molecule has 0 saturated heterocycles. The van der Waals surface area contributed by atoms with Crippen molar-refractivity contribution in [2.45, 2.75) is 96.8 Å². The van der Waals surface area contributed by atoms with E-state index in [1.165, 1.54) is 89.9 Å². The van der Waals surface area contributed by atoms with Gasteiger partial charge in [-0.05, 0) is 24.1 Å². The Labute approximate surface area is 209 Å². The summed E-state index contributed by atoms with van der Waals surface area (Å²) in [6.07, 6.45) is 19.2. The maximum absolute atomic E-state index is 10.7. The largest absolute Gasteiger partial charge is 1.00 e. The molecule has 0 aliphatic heterocycles. The molecular formula is C23H38KNO2. The maximum Gasteiger partial charge on any atom is 1.00 e. The number of unbranched alkanes of at least 4 members (excludes halogenated alkanes) is 13. The molecule has 0 aliphatic rings. The first-order chi connectivity index (χ1) is 12.7. The van der Waals surface area contributed by atoms with Gasteiger partial charge in [-0.25, -0.2) is 0 Å². The number of rotatable bonds is 17. The first-order valence-electron chi connectivity index (χ1n) is 10.8. The van der Waals surface area contributed by atoms with Crippen molar-refractivity contribution in [2.75, 3.05) is 11.9 Å². The van der Waals surface area contributed by atoms with Gasteiger partial charge in [0.1, 0.15) is 0 Å². The molecule has 1 aromatic rings. The Kier molecular flexibility index (Phi) is 19.5. The van der Waals surface area contributed by atoms with Gasteiger partial charge in [-0.15, -0.1) is 0 Å². The fourth-order valence-corrected chi connectivity index (χ4v) is 3.28. The van der Waals surface area contributed by atoms with Gasteiger partial charge in [0.25, 0.3) is 0 Å². The predicted octanol–water partition coefficient (Wildman–Crippen LogP) is 2.95. The van der Waals surface area contributed by atoms with Gasteiger partial charge in [-0.1, -0.05) is 103 Å². The van der Waals surface area contributed by atoms with E-state index in [-0.39, 0.29) is 56.9 Å². The minimum absolute atomic E-state index is 0. The molecule has 1 N–H and O–H groups in total. The third-order valence-corrected chi connectivity index (χ3v) is 4.98. The summed E-state index contributed by atoms with van der Waals surface area (Å²) in [4.78, 5) is 10.7. The van der Waals surface area contributed by atoms with E-state index < -0.39 is 5.97 Å². The van der Waals surface area contributed by atoms with Gasteiger partial charge in [0.15, 0.2) is 0 Å². The van der Waals surface area contributed by atoms with Gasteiger partial charge in [-0.2, -0.15) is 0 Å². The molecule has 0 saturated carbocycles. The van der Waals surface area contributed by atoms with Crippen LogP contribution in [-0.2, 0) is 0 Å². The fraction of sp³-hybridized carbons (Fsp3) is 0.696. The van der Waals surface area contributed by atoms with Crippen molar-refractivity contribution >= 4 is 11.7 Å². The Morgan fingerprint density at radius 1 is 0.741 bits per heavy atom. The maximum atomic E-state index is 10.7. The summed E-state index contributed by atoms with van der Waals surface area (Å²) in [5.41, 5.74) is 1.21. The number of nitrogens with one attached hydrogen (secondary N) is 1. The SMILES string of the molecule is CCCCCCCCCCCCCCCCNc1ccc(C(=O)[O-])cc1.[K+]. The molecule has 0 unspecified atom stereocenters. The summed E-state index contributed by atoms with van der Waals surface area (Å²) in [5.74, 6) is -1.12. The topological polar surface area (TPSA) is 52.2 Å². The molecule has 0 amide bonds. The average Bonchev–Trinajstić information content (AvgIpc) is 2.65. The van der Waals surface area contributed by atoms with Crippen LogP contribution in [0.4, 0.5) is 5.69 Å². The summed E-state index contributed by atoms with van der Waals surface area (Å²) in [5, 5.41) is 14.0. The van der Waals surface area contributed by atoms with E-state index in [2.05, 4.69) is 12.2 Å². The Morgan fingerprint density at radius 2 is 1.15 bits per heavy atom. The van der Waals surface area contributed by atoms with Crippen LogP contribution in [0.3, 0.4) is 0 Å². The Hall–Kier alpha value is 0.126. The summed E-state index contributed by atoms with van der Waals surface area (Å²) in [6, 6.07) is 6.77. The number of carboxylic acid groups (broad SMARTS) is 1. The number of carbonyl (C=O) groups is 1. The van der Waals surface area contributed by atoms with Gasteiger partial charge >= 0.3 is 51.4 Å². The van der Waals surface area contributed by atoms with E-state index in [0.29, 0.717) is 0 Å². The van der Waals surface area contributed by atoms with Crippen molar-refractivity contribution in [2.24, 2.45) is 0 Å². The Bertz CT molecular complexity index is 462. The minimum Gasteiger partial charge on any atom is -0.545 e. The molecule has 0 fully saturated rings. The zero-order valence-electron chi connectivity index (χ0n) is 17.7. The van der Waals surface area contributed by atoms with Crippen LogP contribution in [0.2, 0.25) is 0 Å². The van der Waals surface area contributed by atoms with Crippen LogP contribution < -0.4 is 61.8 Å². The standard InChI is InChI=1S/C23H39NO2.K/c1-2-3-4-5-6-7-8-9-10-11-12-13-14-15-20-24-22-18-16-21(17-19-22)23(25)26;/h16-19,24H,2-15,20H2,1H3,(H,25,26);/q;+1/p-1. The van der Waals surface area contributed by atoms with Gasteiger partial charge < -0.3 is 15.2 Å². The third-order valence-electron chi connectivity index (χ3n) is 4.98. The minimum atomic E-state index is -1.12. The van der Waals surface area contributed by atoms with Crippen LogP contribution in [0.15, 0.2) is 24.3 Å². The zero-order valence-corrected chi connectivity index (χ0v) is 20.9. The molecule has 0 heterocycles. The summed E-state index contributed by atoms with van der Waals surface area (Å²) in [6.45, 7) is 3.22. The van der Waals surface area contributed by atoms with Gasteiger partial charge in [0, 0.05) is 12.2 Å². The molecular weight excluding hydrogens is 361 g/mol. The second-order valence-electron chi connectivity index (χ2n) is 7.39. The number of benzene rings is 1. The second kappa shape index (κ2) is 19.4. The van der Waals surface area contributed by atoms with E-state index in [1.807, 2.05) is 0 Å². The van der Waals surface area contributed by atoms with Crippen molar-refractivity contribution in [1.82, 2.24) is 0 Å². The molecule has 148 valence electrons. The second-order valence-corrected chi connectivity index (χ2v) is 7.39. The van der Waals surface area contributed by atoms with E-state index in [0.717, 1.165) is 12.2 Å². The van der Waals surface area contributed by atoms with Crippen molar-refractivity contribution < 1.29 is 61.3 Å². The monoisotopic (exact) mass is 399 g/mol. The number of hydrogen-bond donors (Lipinski definition) is 1. The smallest absolute Gasteiger partial charge is 0.545 e. The molecule has 0 bridgehead atoms. The molecule has 0 spiro atoms. The molecule has 0 radical (unpaired) electrons. The Balaban J connectivity index is 0.00000676. The van der Waals surface area contributed by atoms with Crippen molar-refractivity contribution in [3.63, 3.8) is 0 Å². The number of carboxylic acids is 1.